The maximum absolute atomic E-state index is 12.3. The van der Waals surface area contributed by atoms with Crippen LogP contribution in [0.3, 0.4) is 0 Å². The average Bonchev–Trinajstić information content (AvgIpc) is 3.08. The normalized spacial score (nSPS) is 12.5. The van der Waals surface area contributed by atoms with E-state index in [1.165, 1.54) is 37.5 Å². The monoisotopic (exact) mass is 363 g/mol. The first kappa shape index (κ1) is 17.5. The largest absolute Gasteiger partial charge is 0.493 e. The van der Waals surface area contributed by atoms with E-state index in [0.717, 1.165) is 0 Å². The lowest BCUT2D eigenvalue weighted by Crippen LogP contribution is -2.07. The summed E-state index contributed by atoms with van der Waals surface area (Å²) in [7, 11) is 1.34. The van der Waals surface area contributed by atoms with Crippen molar-refractivity contribution >= 4 is 17.7 Å². The number of rotatable bonds is 6. The molecule has 136 valence electrons. The summed E-state index contributed by atoms with van der Waals surface area (Å²) in [5.41, 5.74) is 1.14. The second kappa shape index (κ2) is 7.73. The zero-order chi connectivity index (χ0) is 18.5. The van der Waals surface area contributed by atoms with Crippen LogP contribution in [0.15, 0.2) is 42.5 Å². The fourth-order valence-corrected chi connectivity index (χ4v) is 2.31. The predicted molar refractivity (Wildman–Crippen MR) is 89.9 cm³/mol. The average molecular weight is 363 g/mol. The van der Waals surface area contributed by atoms with Crippen LogP contribution in [0, 0.1) is 0 Å². The van der Waals surface area contributed by atoms with Crippen molar-refractivity contribution in [3.8, 4) is 23.0 Å². The number of amides is 1. The molecule has 6 nitrogen and oxygen atoms in total. The molecule has 26 heavy (non-hydrogen) atoms. The summed E-state index contributed by atoms with van der Waals surface area (Å²) < 4.78 is 44.4. The molecule has 0 fully saturated rings. The number of methoxy groups -OCH3 is 1. The van der Waals surface area contributed by atoms with Gasteiger partial charge in [-0.15, -0.1) is 0 Å². The van der Waals surface area contributed by atoms with Crippen LogP contribution in [0.4, 0.5) is 14.5 Å². The van der Waals surface area contributed by atoms with Gasteiger partial charge in [0, 0.05) is 17.8 Å². The molecule has 2 aromatic carbocycles. The van der Waals surface area contributed by atoms with Crippen LogP contribution in [0.25, 0.3) is 6.08 Å². The van der Waals surface area contributed by atoms with Crippen LogP contribution in [0.1, 0.15) is 5.56 Å². The van der Waals surface area contributed by atoms with E-state index in [1.54, 1.807) is 18.2 Å². The number of nitrogens with one attached hydrogen (secondary N) is 1. The van der Waals surface area contributed by atoms with E-state index in [1.807, 2.05) is 0 Å². The van der Waals surface area contributed by atoms with Crippen LogP contribution in [-0.4, -0.2) is 26.4 Å². The molecule has 0 saturated heterocycles. The number of hydrogen-bond donors (Lipinski definition) is 1. The molecule has 1 amide bonds. The number of carbonyl (C=O) groups is 1. The Bertz CT molecular complexity index is 838. The van der Waals surface area contributed by atoms with Gasteiger partial charge in [-0.2, -0.15) is 8.78 Å². The van der Waals surface area contributed by atoms with Gasteiger partial charge in [0.2, 0.25) is 12.7 Å². The highest BCUT2D eigenvalue weighted by Gasteiger charge is 2.14. The second-order valence-corrected chi connectivity index (χ2v) is 5.18. The van der Waals surface area contributed by atoms with Gasteiger partial charge in [0.1, 0.15) is 0 Å². The molecular weight excluding hydrogens is 348 g/mol. The lowest BCUT2D eigenvalue weighted by molar-refractivity contribution is -0.111. The Labute approximate surface area is 147 Å². The number of fused-ring (bicyclic) bond motifs is 1. The van der Waals surface area contributed by atoms with E-state index in [9.17, 15) is 13.6 Å². The van der Waals surface area contributed by atoms with Crippen molar-refractivity contribution in [3.63, 3.8) is 0 Å². The van der Waals surface area contributed by atoms with Crippen LogP contribution in [-0.2, 0) is 4.79 Å². The molecule has 1 aliphatic rings. The minimum absolute atomic E-state index is 0.0792. The number of hydrogen-bond acceptors (Lipinski definition) is 5. The van der Waals surface area contributed by atoms with Gasteiger partial charge in [-0.3, -0.25) is 4.79 Å². The van der Waals surface area contributed by atoms with Crippen LogP contribution in [0.5, 0.6) is 23.0 Å². The van der Waals surface area contributed by atoms with Gasteiger partial charge in [-0.05, 0) is 35.9 Å². The topological polar surface area (TPSA) is 66.0 Å². The van der Waals surface area contributed by atoms with E-state index < -0.39 is 6.61 Å². The summed E-state index contributed by atoms with van der Waals surface area (Å²) in [5.74, 6) is 0.881. The Morgan fingerprint density at radius 3 is 2.73 bits per heavy atom. The Morgan fingerprint density at radius 1 is 1.15 bits per heavy atom. The second-order valence-electron chi connectivity index (χ2n) is 5.18. The lowest BCUT2D eigenvalue weighted by atomic mass is 10.2. The smallest absolute Gasteiger partial charge is 0.387 e. The molecule has 0 atom stereocenters. The minimum Gasteiger partial charge on any atom is -0.493 e. The van der Waals surface area contributed by atoms with Gasteiger partial charge in [-0.25, -0.2) is 0 Å². The van der Waals surface area contributed by atoms with Crippen LogP contribution in [0.2, 0.25) is 0 Å². The summed E-state index contributed by atoms with van der Waals surface area (Å²) in [5, 5.41) is 2.69. The van der Waals surface area contributed by atoms with E-state index in [-0.39, 0.29) is 24.2 Å². The zero-order valence-electron chi connectivity index (χ0n) is 13.7. The fourth-order valence-electron chi connectivity index (χ4n) is 2.31. The Hall–Kier alpha value is -3.29. The van der Waals surface area contributed by atoms with Crippen molar-refractivity contribution in [2.24, 2.45) is 0 Å². The molecule has 0 bridgehead atoms. The first-order valence-electron chi connectivity index (χ1n) is 7.57. The highest BCUT2D eigenvalue weighted by molar-refractivity contribution is 6.02. The van der Waals surface area contributed by atoms with E-state index in [4.69, 9.17) is 14.2 Å². The number of anilines is 1. The van der Waals surface area contributed by atoms with Gasteiger partial charge in [-0.1, -0.05) is 6.07 Å². The molecule has 0 aliphatic carbocycles. The van der Waals surface area contributed by atoms with E-state index >= 15 is 0 Å². The molecule has 1 heterocycles. The molecular formula is C18H15F2NO5. The third kappa shape index (κ3) is 4.21. The van der Waals surface area contributed by atoms with E-state index in [2.05, 4.69) is 10.1 Å². The molecule has 3 rings (SSSR count). The molecule has 0 radical (unpaired) electrons. The van der Waals surface area contributed by atoms with Crippen molar-refractivity contribution in [1.29, 1.82) is 0 Å². The highest BCUT2D eigenvalue weighted by atomic mass is 19.3. The Balaban J connectivity index is 1.66. The summed E-state index contributed by atoms with van der Waals surface area (Å²) in [6.07, 6.45) is 2.84. The molecule has 0 aromatic heterocycles. The molecule has 0 unspecified atom stereocenters. The summed E-state index contributed by atoms with van der Waals surface area (Å²) in [6, 6.07) is 9.42. The lowest BCUT2D eigenvalue weighted by Gasteiger charge is -2.10. The Morgan fingerprint density at radius 2 is 1.96 bits per heavy atom. The van der Waals surface area contributed by atoms with Crippen molar-refractivity contribution in [2.45, 2.75) is 6.61 Å². The Kier molecular flexibility index (Phi) is 5.21. The van der Waals surface area contributed by atoms with Crippen LogP contribution >= 0.6 is 0 Å². The highest BCUT2D eigenvalue weighted by Crippen LogP contribution is 2.34. The van der Waals surface area contributed by atoms with E-state index in [0.29, 0.717) is 22.7 Å². The van der Waals surface area contributed by atoms with Gasteiger partial charge < -0.3 is 24.3 Å². The van der Waals surface area contributed by atoms with Gasteiger partial charge >= 0.3 is 6.61 Å². The van der Waals surface area contributed by atoms with Crippen molar-refractivity contribution in [2.75, 3.05) is 19.2 Å². The first-order valence-corrected chi connectivity index (χ1v) is 7.57. The molecule has 0 spiro atoms. The number of carbonyl (C=O) groups excluding carboxylic acids is 1. The van der Waals surface area contributed by atoms with Crippen molar-refractivity contribution in [1.82, 2.24) is 0 Å². The molecule has 0 saturated carbocycles. The van der Waals surface area contributed by atoms with Gasteiger partial charge in [0.05, 0.1) is 7.11 Å². The number of benzene rings is 2. The van der Waals surface area contributed by atoms with Gasteiger partial charge in [0.15, 0.2) is 23.0 Å². The zero-order valence-corrected chi connectivity index (χ0v) is 13.7. The molecule has 1 N–H and O–H groups in total. The van der Waals surface area contributed by atoms with Crippen molar-refractivity contribution < 1.29 is 32.5 Å². The standard InChI is InChI=1S/C18H15F2NO5/c1-23-15-8-11(2-5-14(15)26-18(19)20)3-7-17(22)21-12-4-6-13-16(9-12)25-10-24-13/h2-9,18H,10H2,1H3,(H,21,22). The number of ether oxygens (including phenoxy) is 4. The SMILES string of the molecule is COc1cc(C=CC(=O)Nc2ccc3c(c2)OCO3)ccc1OC(F)F. The quantitative estimate of drug-likeness (QED) is 0.793. The molecule has 1 aliphatic heterocycles. The molecule has 2 aromatic rings. The summed E-state index contributed by atoms with van der Waals surface area (Å²) in [4.78, 5) is 12.0. The van der Waals surface area contributed by atoms with Gasteiger partial charge in [0.25, 0.3) is 0 Å². The minimum atomic E-state index is -2.95. The first-order chi connectivity index (χ1) is 12.5. The summed E-state index contributed by atoms with van der Waals surface area (Å²) >= 11 is 0. The fraction of sp³-hybridized carbons (Fsp3) is 0.167. The predicted octanol–water partition coefficient (Wildman–Crippen LogP) is 3.68. The maximum atomic E-state index is 12.3. The third-order valence-corrected chi connectivity index (χ3v) is 3.47. The third-order valence-electron chi connectivity index (χ3n) is 3.47. The van der Waals surface area contributed by atoms with Crippen molar-refractivity contribution in [3.05, 3.63) is 48.0 Å². The maximum Gasteiger partial charge on any atom is 0.387 e. The van der Waals surface area contributed by atoms with Crippen LogP contribution < -0.4 is 24.3 Å². The molecule has 8 heteroatoms. The summed E-state index contributed by atoms with van der Waals surface area (Å²) in [6.45, 7) is -2.79. The number of halogens is 2. The number of alkyl halides is 2.